The second-order valence-corrected chi connectivity index (χ2v) is 5.48. The number of furan rings is 1. The highest BCUT2D eigenvalue weighted by molar-refractivity contribution is 5.17. The Morgan fingerprint density at radius 1 is 1.44 bits per heavy atom. The molecule has 2 rings (SSSR count). The first-order chi connectivity index (χ1) is 8.72. The van der Waals surface area contributed by atoms with E-state index in [4.69, 9.17) is 4.42 Å². The van der Waals surface area contributed by atoms with Crippen molar-refractivity contribution >= 4 is 0 Å². The third-order valence-electron chi connectivity index (χ3n) is 4.25. The van der Waals surface area contributed by atoms with E-state index in [0.717, 1.165) is 31.3 Å². The van der Waals surface area contributed by atoms with Crippen LogP contribution in [0.5, 0.6) is 0 Å². The quantitative estimate of drug-likeness (QED) is 0.871. The summed E-state index contributed by atoms with van der Waals surface area (Å²) in [6.45, 7) is 10.9. The van der Waals surface area contributed by atoms with Gasteiger partial charge in [0.05, 0.1) is 12.8 Å². The number of hydrogen-bond acceptors (Lipinski definition) is 3. The van der Waals surface area contributed by atoms with Crippen LogP contribution in [0.3, 0.4) is 0 Å². The number of nitrogens with zero attached hydrogens (tertiary/aromatic N) is 1. The van der Waals surface area contributed by atoms with Crippen molar-refractivity contribution in [1.29, 1.82) is 0 Å². The van der Waals surface area contributed by atoms with Gasteiger partial charge in [-0.05, 0) is 44.8 Å². The van der Waals surface area contributed by atoms with Gasteiger partial charge in [0, 0.05) is 18.2 Å². The Morgan fingerprint density at radius 2 is 2.28 bits per heavy atom. The number of hydrogen-bond donors (Lipinski definition) is 1. The van der Waals surface area contributed by atoms with E-state index in [9.17, 15) is 0 Å². The molecule has 0 radical (unpaired) electrons. The molecular weight excluding hydrogens is 224 g/mol. The second-order valence-electron chi connectivity index (χ2n) is 5.48. The molecule has 3 heteroatoms. The first kappa shape index (κ1) is 13.6. The summed E-state index contributed by atoms with van der Waals surface area (Å²) in [4.78, 5) is 2.59. The van der Waals surface area contributed by atoms with Crippen molar-refractivity contribution in [2.45, 2.75) is 52.7 Å². The Morgan fingerprint density at radius 3 is 3.06 bits per heavy atom. The van der Waals surface area contributed by atoms with Crippen LogP contribution in [0.2, 0.25) is 0 Å². The van der Waals surface area contributed by atoms with Crippen molar-refractivity contribution in [2.75, 3.05) is 13.1 Å². The predicted molar refractivity (Wildman–Crippen MR) is 74.4 cm³/mol. The smallest absolute Gasteiger partial charge is 0.122 e. The number of rotatable bonds is 5. The van der Waals surface area contributed by atoms with Crippen LogP contribution in [0.1, 0.15) is 44.9 Å². The van der Waals surface area contributed by atoms with E-state index < -0.39 is 0 Å². The first-order valence-electron chi connectivity index (χ1n) is 7.22. The standard InChI is InChI=1S/C15H26N2O/c1-4-16-10-15-14(7-9-18-15)11-17-8-5-6-12(2)13(17)3/h7,9,12-13,16H,4-6,8,10-11H2,1-3H3. The highest BCUT2D eigenvalue weighted by Gasteiger charge is 2.25. The average molecular weight is 250 g/mol. The molecule has 1 saturated heterocycles. The van der Waals surface area contributed by atoms with Gasteiger partial charge in [-0.15, -0.1) is 0 Å². The molecule has 1 N–H and O–H groups in total. The van der Waals surface area contributed by atoms with Crippen LogP contribution < -0.4 is 5.32 Å². The van der Waals surface area contributed by atoms with Gasteiger partial charge in [-0.2, -0.15) is 0 Å². The van der Waals surface area contributed by atoms with Crippen molar-refractivity contribution < 1.29 is 4.42 Å². The highest BCUT2D eigenvalue weighted by Crippen LogP contribution is 2.25. The number of nitrogens with one attached hydrogen (secondary N) is 1. The molecule has 0 spiro atoms. The fourth-order valence-electron chi connectivity index (χ4n) is 2.76. The van der Waals surface area contributed by atoms with E-state index in [1.807, 2.05) is 6.26 Å². The Bertz CT molecular complexity index is 361. The van der Waals surface area contributed by atoms with Gasteiger partial charge in [0.15, 0.2) is 0 Å². The normalized spacial score (nSPS) is 25.5. The Kier molecular flexibility index (Phi) is 4.84. The zero-order valence-corrected chi connectivity index (χ0v) is 11.9. The summed E-state index contributed by atoms with van der Waals surface area (Å²) < 4.78 is 5.58. The summed E-state index contributed by atoms with van der Waals surface area (Å²) in [5.41, 5.74) is 1.34. The summed E-state index contributed by atoms with van der Waals surface area (Å²) in [7, 11) is 0. The summed E-state index contributed by atoms with van der Waals surface area (Å²) in [5.74, 6) is 1.91. The minimum atomic E-state index is 0.681. The average Bonchev–Trinajstić information content (AvgIpc) is 2.80. The van der Waals surface area contributed by atoms with Gasteiger partial charge < -0.3 is 9.73 Å². The van der Waals surface area contributed by atoms with Crippen LogP contribution in [-0.4, -0.2) is 24.0 Å². The maximum absolute atomic E-state index is 5.58. The van der Waals surface area contributed by atoms with Crippen LogP contribution in [0.15, 0.2) is 16.7 Å². The molecule has 0 aromatic carbocycles. The van der Waals surface area contributed by atoms with Crippen molar-refractivity contribution in [3.05, 3.63) is 23.7 Å². The molecule has 1 aromatic heterocycles. The van der Waals surface area contributed by atoms with Gasteiger partial charge in [-0.3, -0.25) is 4.90 Å². The third kappa shape index (κ3) is 3.15. The minimum Gasteiger partial charge on any atom is -0.468 e. The van der Waals surface area contributed by atoms with Crippen molar-refractivity contribution in [1.82, 2.24) is 10.2 Å². The molecule has 1 aliphatic rings. The predicted octanol–water partition coefficient (Wildman–Crippen LogP) is 3.01. The van der Waals surface area contributed by atoms with Crippen LogP contribution >= 0.6 is 0 Å². The first-order valence-corrected chi connectivity index (χ1v) is 7.22. The maximum atomic E-state index is 5.58. The molecule has 0 bridgehead atoms. The molecule has 18 heavy (non-hydrogen) atoms. The fourth-order valence-corrected chi connectivity index (χ4v) is 2.76. The van der Waals surface area contributed by atoms with E-state index in [2.05, 4.69) is 37.1 Å². The van der Waals surface area contributed by atoms with E-state index in [0.29, 0.717) is 6.04 Å². The SMILES string of the molecule is CCNCc1occc1CN1CCCC(C)C1C. The van der Waals surface area contributed by atoms with Gasteiger partial charge >= 0.3 is 0 Å². The van der Waals surface area contributed by atoms with E-state index in [1.165, 1.54) is 24.9 Å². The molecule has 0 amide bonds. The summed E-state index contributed by atoms with van der Waals surface area (Å²) in [6, 6.07) is 2.80. The molecule has 2 atom stereocenters. The lowest BCUT2D eigenvalue weighted by Crippen LogP contribution is -2.41. The summed E-state index contributed by atoms with van der Waals surface area (Å²) in [6.07, 6.45) is 4.51. The molecule has 3 nitrogen and oxygen atoms in total. The van der Waals surface area contributed by atoms with E-state index in [1.54, 1.807) is 0 Å². The largest absolute Gasteiger partial charge is 0.468 e. The van der Waals surface area contributed by atoms with E-state index in [-0.39, 0.29) is 0 Å². The van der Waals surface area contributed by atoms with Crippen LogP contribution in [0.25, 0.3) is 0 Å². The van der Waals surface area contributed by atoms with Crippen molar-refractivity contribution in [3.63, 3.8) is 0 Å². The highest BCUT2D eigenvalue weighted by atomic mass is 16.3. The Labute approximate surface area is 111 Å². The van der Waals surface area contributed by atoms with Crippen molar-refractivity contribution in [3.8, 4) is 0 Å². The molecule has 2 heterocycles. The molecule has 1 fully saturated rings. The lowest BCUT2D eigenvalue weighted by molar-refractivity contribution is 0.106. The Hall–Kier alpha value is -0.800. The van der Waals surface area contributed by atoms with Crippen LogP contribution in [0, 0.1) is 5.92 Å². The second kappa shape index (κ2) is 6.39. The zero-order valence-electron chi connectivity index (χ0n) is 11.9. The monoisotopic (exact) mass is 250 g/mol. The Balaban J connectivity index is 1.97. The molecule has 1 aliphatic heterocycles. The van der Waals surface area contributed by atoms with Gasteiger partial charge in [0.2, 0.25) is 0 Å². The third-order valence-corrected chi connectivity index (χ3v) is 4.25. The molecule has 0 aliphatic carbocycles. The fraction of sp³-hybridized carbons (Fsp3) is 0.733. The summed E-state index contributed by atoms with van der Waals surface area (Å²) in [5, 5.41) is 3.34. The minimum absolute atomic E-state index is 0.681. The van der Waals surface area contributed by atoms with E-state index >= 15 is 0 Å². The van der Waals surface area contributed by atoms with Crippen LogP contribution in [0.4, 0.5) is 0 Å². The molecule has 102 valence electrons. The molecule has 2 unspecified atom stereocenters. The molecular formula is C15H26N2O. The van der Waals surface area contributed by atoms with Gasteiger partial charge in [-0.25, -0.2) is 0 Å². The molecule has 0 saturated carbocycles. The van der Waals surface area contributed by atoms with Gasteiger partial charge in [0.1, 0.15) is 5.76 Å². The maximum Gasteiger partial charge on any atom is 0.122 e. The van der Waals surface area contributed by atoms with Gasteiger partial charge in [-0.1, -0.05) is 13.8 Å². The topological polar surface area (TPSA) is 28.4 Å². The lowest BCUT2D eigenvalue weighted by Gasteiger charge is -2.37. The van der Waals surface area contributed by atoms with Crippen molar-refractivity contribution in [2.24, 2.45) is 5.92 Å². The zero-order chi connectivity index (χ0) is 13.0. The lowest BCUT2D eigenvalue weighted by atomic mass is 9.92. The van der Waals surface area contributed by atoms with Crippen LogP contribution in [-0.2, 0) is 13.1 Å². The molecule has 1 aromatic rings. The van der Waals surface area contributed by atoms with Gasteiger partial charge in [0.25, 0.3) is 0 Å². The summed E-state index contributed by atoms with van der Waals surface area (Å²) >= 11 is 0. The number of piperidine rings is 1. The number of likely N-dealkylation sites (tertiary alicyclic amines) is 1.